The standard InChI is InChI=1S/C36H51NO6.C22H26N2O2.C13H26O5/c38-24-10-19-36(20-11-25-39,21-12-26-40)22-18-31(41)15-4-2-1-3-9-23-37-35(42)43-28-34-32-16-7-5-13-29(32)27-30-14-6-8-17-33(30)34;23-13-7-1-2-8-14-24-22(25)26-16-21-19-11-5-3-9-17(19)15-18-10-4-6-12-20(18)21;14-8-1-4-13(5-2-9-15,6-3-10-16)7-11-18-12-17/h5-8,13-14,16-17,27,38-40H,1-4,9-12,15,18-26,28H2,(H,37,42);3-6,9-12,15H,1-2,7-8,13-14,16,23H2,(H,24,25);12,14-16H,1-11H2. The highest BCUT2D eigenvalue weighted by Crippen LogP contribution is 2.41. The number of ether oxygens (including phenoxy) is 3. The molecule has 0 saturated heterocycles. The van der Waals surface area contributed by atoms with Gasteiger partial charge in [0, 0.05) is 76.7 Å². The van der Waals surface area contributed by atoms with Crippen molar-refractivity contribution in [1.82, 2.24) is 10.6 Å². The minimum Gasteiger partial charge on any atom is -0.468 e. The van der Waals surface area contributed by atoms with Crippen LogP contribution in [-0.4, -0.2) is 121 Å². The van der Waals surface area contributed by atoms with Crippen molar-refractivity contribution in [3.63, 3.8) is 0 Å². The lowest BCUT2D eigenvalue weighted by Crippen LogP contribution is -2.25. The van der Waals surface area contributed by atoms with E-state index in [4.69, 9.17) is 35.3 Å². The summed E-state index contributed by atoms with van der Waals surface area (Å²) < 4.78 is 15.9. The van der Waals surface area contributed by atoms with Gasteiger partial charge in [0.15, 0.2) is 0 Å². The SMILES string of the molecule is NCCCCCCNC(=O)OCc1c2ccccc2cc2ccccc12.O=C(CCCCCCCNC(=O)OCc1c2ccccc2cc2ccccc12)CCC(CCCO)(CCCO)CCCO.O=COCCC(CCCO)(CCCO)CCCO. The smallest absolute Gasteiger partial charge is 0.407 e. The maximum Gasteiger partial charge on any atom is 0.407 e. The van der Waals surface area contributed by atoms with Crippen LogP contribution < -0.4 is 16.4 Å². The van der Waals surface area contributed by atoms with Crippen LogP contribution in [0.1, 0.15) is 172 Å². The number of carbonyl (C=O) groups excluding carboxylic acids is 4. The lowest BCUT2D eigenvalue weighted by atomic mass is 9.71. The maximum absolute atomic E-state index is 12.6. The molecule has 480 valence electrons. The van der Waals surface area contributed by atoms with Crippen LogP contribution in [0.3, 0.4) is 0 Å². The monoisotopic (exact) mass is 1210 g/mol. The molecule has 0 aliphatic heterocycles. The third kappa shape index (κ3) is 27.4. The van der Waals surface area contributed by atoms with E-state index in [0.29, 0.717) is 84.0 Å². The Bertz CT molecular complexity index is 2710. The van der Waals surface area contributed by atoms with E-state index in [1.807, 2.05) is 48.5 Å². The average molecular weight is 1210 g/mol. The summed E-state index contributed by atoms with van der Waals surface area (Å²) in [6, 6.07) is 37.1. The number of hydrogen-bond acceptors (Lipinski definition) is 14. The molecule has 87 heavy (non-hydrogen) atoms. The number of nitrogens with one attached hydrogen (secondary N) is 2. The Morgan fingerprint density at radius 2 is 0.747 bits per heavy atom. The third-order valence-corrected chi connectivity index (χ3v) is 16.7. The van der Waals surface area contributed by atoms with Crippen molar-refractivity contribution in [1.29, 1.82) is 0 Å². The lowest BCUT2D eigenvalue weighted by Gasteiger charge is -2.34. The number of benzene rings is 6. The van der Waals surface area contributed by atoms with Gasteiger partial charge in [0.25, 0.3) is 6.47 Å². The first-order valence-corrected chi connectivity index (χ1v) is 32.1. The second-order valence-electron chi connectivity index (χ2n) is 23.0. The lowest BCUT2D eigenvalue weighted by molar-refractivity contribution is -0.129. The zero-order chi connectivity index (χ0) is 62.6. The Hall–Kier alpha value is -6.24. The first-order valence-electron chi connectivity index (χ1n) is 32.1. The minimum atomic E-state index is -0.407. The first kappa shape index (κ1) is 73.2. The molecule has 0 bridgehead atoms. The molecule has 16 nitrogen and oxygen atoms in total. The highest BCUT2D eigenvalue weighted by Gasteiger charge is 2.30. The maximum atomic E-state index is 12.6. The van der Waals surface area contributed by atoms with E-state index in [9.17, 15) is 34.5 Å². The van der Waals surface area contributed by atoms with Crippen molar-refractivity contribution in [3.05, 3.63) is 120 Å². The molecule has 10 N–H and O–H groups in total. The summed E-state index contributed by atoms with van der Waals surface area (Å²) in [5.74, 6) is 0.268. The fraction of sp³-hybridized carbons (Fsp3) is 0.549. The molecule has 0 aliphatic carbocycles. The molecule has 0 radical (unpaired) electrons. The number of fused-ring (bicyclic) bond motifs is 4. The van der Waals surface area contributed by atoms with Gasteiger partial charge in [-0.3, -0.25) is 9.59 Å². The molecule has 0 saturated carbocycles. The molecule has 0 atom stereocenters. The van der Waals surface area contributed by atoms with E-state index in [1.165, 1.54) is 0 Å². The summed E-state index contributed by atoms with van der Waals surface area (Å²) >= 11 is 0. The van der Waals surface area contributed by atoms with Gasteiger partial charge < -0.3 is 61.2 Å². The summed E-state index contributed by atoms with van der Waals surface area (Å²) in [6.07, 6.45) is 19.7. The van der Waals surface area contributed by atoms with Crippen molar-refractivity contribution in [2.45, 2.75) is 174 Å². The zero-order valence-corrected chi connectivity index (χ0v) is 51.8. The predicted octanol–water partition coefficient (Wildman–Crippen LogP) is 12.8. The molecule has 16 heteroatoms. The number of alkyl carbamates (subject to hydrolysis) is 2. The molecule has 0 fully saturated rings. The van der Waals surface area contributed by atoms with Gasteiger partial charge in [0.05, 0.1) is 6.61 Å². The normalized spacial score (nSPS) is 11.4. The second kappa shape index (κ2) is 44.2. The number of ketones is 1. The van der Waals surface area contributed by atoms with Crippen molar-refractivity contribution >= 4 is 67.5 Å². The van der Waals surface area contributed by atoms with Gasteiger partial charge in [0.2, 0.25) is 0 Å². The van der Waals surface area contributed by atoms with Crippen LogP contribution in [0.4, 0.5) is 9.59 Å². The number of hydrogen-bond donors (Lipinski definition) is 9. The topological polar surface area (TPSA) is 267 Å². The van der Waals surface area contributed by atoms with Crippen molar-refractivity contribution in [2.24, 2.45) is 16.6 Å². The van der Waals surface area contributed by atoms with Crippen molar-refractivity contribution in [2.75, 3.05) is 65.9 Å². The number of aliphatic hydroxyl groups is 6. The number of rotatable bonds is 43. The van der Waals surface area contributed by atoms with E-state index in [-0.39, 0.29) is 75.6 Å². The van der Waals surface area contributed by atoms with Gasteiger partial charge in [-0.25, -0.2) is 9.59 Å². The van der Waals surface area contributed by atoms with Crippen LogP contribution in [0.25, 0.3) is 43.1 Å². The minimum absolute atomic E-state index is 0.0583. The Morgan fingerprint density at radius 3 is 1.10 bits per heavy atom. The molecule has 0 aliphatic rings. The second-order valence-corrected chi connectivity index (χ2v) is 23.0. The van der Waals surface area contributed by atoms with E-state index < -0.39 is 6.09 Å². The highest BCUT2D eigenvalue weighted by molar-refractivity contribution is 6.03. The number of Topliss-reactive ketones (excluding diaryl/α,β-unsaturated/α-hetero) is 1. The first-order chi connectivity index (χ1) is 42.5. The molecular weight excluding hydrogens is 1100 g/mol. The van der Waals surface area contributed by atoms with E-state index >= 15 is 0 Å². The number of amides is 2. The fourth-order valence-corrected chi connectivity index (χ4v) is 12.0. The van der Waals surface area contributed by atoms with Gasteiger partial charge in [-0.2, -0.15) is 0 Å². The average Bonchev–Trinajstić information content (AvgIpc) is 1.23. The molecule has 6 rings (SSSR count). The molecule has 6 aromatic rings. The zero-order valence-electron chi connectivity index (χ0n) is 51.8. The van der Waals surface area contributed by atoms with Crippen LogP contribution in [0.5, 0.6) is 0 Å². The number of unbranched alkanes of at least 4 members (excludes halogenated alkanes) is 7. The number of aliphatic hydroxyl groups excluding tert-OH is 6. The Kier molecular flexibility index (Phi) is 37.2. The van der Waals surface area contributed by atoms with Crippen molar-refractivity contribution < 1.29 is 64.0 Å². The molecule has 0 heterocycles. The van der Waals surface area contributed by atoms with E-state index in [0.717, 1.165) is 163 Å². The summed E-state index contributed by atoms with van der Waals surface area (Å²) in [5.41, 5.74) is 7.39. The molecular formula is C71H103N3O13. The molecule has 2 amide bonds. The summed E-state index contributed by atoms with van der Waals surface area (Å²) in [6.45, 7) is 3.96. The predicted molar refractivity (Wildman–Crippen MR) is 348 cm³/mol. The van der Waals surface area contributed by atoms with E-state index in [2.05, 4.69) is 71.3 Å². The summed E-state index contributed by atoms with van der Waals surface area (Å²) in [5, 5.41) is 69.6. The quantitative estimate of drug-likeness (QED) is 0.00746. The van der Waals surface area contributed by atoms with E-state index in [1.54, 1.807) is 0 Å². The number of nitrogens with two attached hydrogens (primary N) is 1. The Labute approximate surface area is 516 Å². The van der Waals surface area contributed by atoms with Crippen LogP contribution in [-0.2, 0) is 37.0 Å². The largest absolute Gasteiger partial charge is 0.468 e. The summed E-state index contributed by atoms with van der Waals surface area (Å²) in [7, 11) is 0. The fourth-order valence-electron chi connectivity index (χ4n) is 12.0. The molecule has 0 unspecified atom stereocenters. The Morgan fingerprint density at radius 1 is 0.414 bits per heavy atom. The van der Waals surface area contributed by atoms with Crippen LogP contribution >= 0.6 is 0 Å². The van der Waals surface area contributed by atoms with Gasteiger partial charge in [-0.05, 0) is 188 Å². The highest BCUT2D eigenvalue weighted by atomic mass is 16.6. The van der Waals surface area contributed by atoms with Gasteiger partial charge in [0.1, 0.15) is 19.0 Å². The molecule has 6 aromatic carbocycles. The third-order valence-electron chi connectivity index (χ3n) is 16.7. The molecule has 0 spiro atoms. The van der Waals surface area contributed by atoms with Crippen LogP contribution in [0, 0.1) is 10.8 Å². The number of carbonyl (C=O) groups is 4. The Balaban J connectivity index is 0.000000311. The van der Waals surface area contributed by atoms with Gasteiger partial charge in [-0.1, -0.05) is 129 Å². The van der Waals surface area contributed by atoms with Crippen molar-refractivity contribution in [3.8, 4) is 0 Å². The van der Waals surface area contributed by atoms with Crippen LogP contribution in [0.2, 0.25) is 0 Å². The molecule has 0 aromatic heterocycles. The van der Waals surface area contributed by atoms with Gasteiger partial charge in [-0.15, -0.1) is 0 Å². The van der Waals surface area contributed by atoms with Gasteiger partial charge >= 0.3 is 12.2 Å². The van der Waals surface area contributed by atoms with Crippen LogP contribution in [0.15, 0.2) is 109 Å². The summed E-state index contributed by atoms with van der Waals surface area (Å²) in [4.78, 5) is 47.2.